The van der Waals surface area contributed by atoms with Gasteiger partial charge in [0.2, 0.25) is 0 Å². The first kappa shape index (κ1) is 99.7. The summed E-state index contributed by atoms with van der Waals surface area (Å²) in [6.45, 7) is 35.7. The van der Waals surface area contributed by atoms with Crippen LogP contribution in [0, 0.1) is 35.5 Å². The number of ketones is 1. The first-order chi connectivity index (χ1) is 57.6. The van der Waals surface area contributed by atoms with Gasteiger partial charge in [-0.3, -0.25) is 4.79 Å². The third-order valence-corrected chi connectivity index (χ3v) is 35.5. The lowest BCUT2D eigenvalue weighted by Crippen LogP contribution is -2.43. The molecule has 670 valence electrons. The molecule has 7 aliphatic rings. The Morgan fingerprint density at radius 1 is 0.633 bits per heavy atom. The quantitative estimate of drug-likeness (QED) is 0.0164. The molecule has 3 saturated heterocycles. The lowest BCUT2D eigenvalue weighted by atomic mass is 9.73. The topological polar surface area (TPSA) is 206 Å². The molecule has 0 spiro atoms. The molecule has 3 aliphatic heterocycles. The maximum absolute atomic E-state index is 13.6. The zero-order valence-electron chi connectivity index (χ0n) is 76.7. The summed E-state index contributed by atoms with van der Waals surface area (Å²) in [5.41, 5.74) is 10.1. The number of Topliss-reactive ketones (excluding diaryl/α,β-unsaturated/α-hetero) is 1. The Bertz CT molecular complexity index is 3790. The Balaban J connectivity index is 0.000000211. The Kier molecular flexibility index (Phi) is 41.9. The maximum atomic E-state index is 13.6. The summed E-state index contributed by atoms with van der Waals surface area (Å²) >= 11 is 0. The molecule has 17 nitrogen and oxygen atoms in total. The van der Waals surface area contributed by atoms with Crippen molar-refractivity contribution >= 4 is 28.4 Å². The molecule has 13 atom stereocenters. The fourth-order valence-electron chi connectivity index (χ4n) is 17.7. The molecular formula is C101H156O17Si2. The molecule has 4 aromatic rings. The van der Waals surface area contributed by atoms with Crippen LogP contribution in [0.25, 0.3) is 0 Å². The van der Waals surface area contributed by atoms with Crippen LogP contribution in [0.3, 0.4) is 0 Å². The average Bonchev–Trinajstić information content (AvgIpc) is 1.49. The number of carbonyl (C=O) groups excluding carboxylic acids is 1. The number of unbranched alkanes of at least 4 members (excludes halogenated alkanes) is 6. The number of carboxylic acid groups (broad SMARTS) is 1. The van der Waals surface area contributed by atoms with E-state index in [4.69, 9.17) is 66.4 Å². The van der Waals surface area contributed by atoms with Crippen molar-refractivity contribution in [2.75, 3.05) is 47.8 Å². The number of ether oxygens (including phenoxy) is 10. The van der Waals surface area contributed by atoms with Crippen molar-refractivity contribution in [2.45, 2.75) is 373 Å². The van der Waals surface area contributed by atoms with Crippen molar-refractivity contribution in [1.29, 1.82) is 0 Å². The largest absolute Gasteiger partial charge is 0.497 e. The van der Waals surface area contributed by atoms with Crippen LogP contribution in [0.5, 0.6) is 23.0 Å². The van der Waals surface area contributed by atoms with Crippen LogP contribution in [-0.4, -0.2) is 135 Å². The van der Waals surface area contributed by atoms with Crippen molar-refractivity contribution in [3.63, 3.8) is 0 Å². The number of allylic oxidation sites excluding steroid dienone is 2. The van der Waals surface area contributed by atoms with Gasteiger partial charge in [-0.1, -0.05) is 181 Å². The minimum Gasteiger partial charge on any atom is -0.497 e. The normalized spacial score (nSPS) is 22.6. The highest BCUT2D eigenvalue weighted by Gasteiger charge is 2.49. The van der Waals surface area contributed by atoms with E-state index in [-0.39, 0.29) is 90.6 Å². The molecule has 11 rings (SSSR count). The second kappa shape index (κ2) is 50.4. The third kappa shape index (κ3) is 30.3. The summed E-state index contributed by atoms with van der Waals surface area (Å²) in [6.07, 6.45) is 35.3. The summed E-state index contributed by atoms with van der Waals surface area (Å²) < 4.78 is 73.1. The van der Waals surface area contributed by atoms with Gasteiger partial charge in [-0.25, -0.2) is 4.79 Å². The van der Waals surface area contributed by atoms with Crippen LogP contribution in [0.15, 0.2) is 103 Å². The van der Waals surface area contributed by atoms with E-state index in [1.807, 2.05) is 54.6 Å². The van der Waals surface area contributed by atoms with Gasteiger partial charge in [0.15, 0.2) is 47.9 Å². The van der Waals surface area contributed by atoms with E-state index in [9.17, 15) is 14.7 Å². The summed E-state index contributed by atoms with van der Waals surface area (Å²) in [4.78, 5) is 24.6. The van der Waals surface area contributed by atoms with Crippen LogP contribution in [0.2, 0.25) is 36.3 Å². The van der Waals surface area contributed by atoms with Gasteiger partial charge in [-0.05, 0) is 270 Å². The number of hydrogen-bond donors (Lipinski definition) is 3. The van der Waals surface area contributed by atoms with Crippen LogP contribution < -0.4 is 18.9 Å². The predicted octanol–water partition coefficient (Wildman–Crippen LogP) is 23.6. The van der Waals surface area contributed by atoms with Crippen molar-refractivity contribution in [1.82, 2.24) is 0 Å². The number of aliphatic hydroxyl groups is 2. The molecular weight excluding hydrogens is 1540 g/mol. The summed E-state index contributed by atoms with van der Waals surface area (Å²) in [7, 11) is 0.875. The van der Waals surface area contributed by atoms with E-state index >= 15 is 0 Å². The summed E-state index contributed by atoms with van der Waals surface area (Å²) in [6, 6.07) is 25.8. The average molecular weight is 1700 g/mol. The highest BCUT2D eigenvalue weighted by molar-refractivity contribution is 6.74. The number of benzene rings is 4. The summed E-state index contributed by atoms with van der Waals surface area (Å²) in [5, 5.41) is 28.9. The predicted molar refractivity (Wildman–Crippen MR) is 486 cm³/mol. The first-order valence-corrected chi connectivity index (χ1v) is 52.1. The number of aliphatic hydroxyl groups excluding tert-OH is 2. The minimum atomic E-state index is -2.12. The second-order valence-electron chi connectivity index (χ2n) is 37.5. The molecule has 120 heavy (non-hydrogen) atoms. The van der Waals surface area contributed by atoms with E-state index in [2.05, 4.69) is 131 Å². The number of methoxy groups -OCH3 is 3. The monoisotopic (exact) mass is 1700 g/mol. The molecule has 3 heterocycles. The lowest BCUT2D eigenvalue weighted by Gasteiger charge is -2.43. The molecule has 19 heteroatoms. The highest BCUT2D eigenvalue weighted by Crippen LogP contribution is 2.54. The Morgan fingerprint density at radius 2 is 1.19 bits per heavy atom. The van der Waals surface area contributed by atoms with E-state index < -0.39 is 22.6 Å². The number of rotatable bonds is 40. The van der Waals surface area contributed by atoms with Crippen molar-refractivity contribution in [3.8, 4) is 34.8 Å². The van der Waals surface area contributed by atoms with Crippen molar-refractivity contribution < 1.29 is 81.1 Å². The third-order valence-electron chi connectivity index (χ3n) is 26.6. The van der Waals surface area contributed by atoms with Crippen molar-refractivity contribution in [3.05, 3.63) is 142 Å². The van der Waals surface area contributed by atoms with Crippen LogP contribution in [-0.2, 0) is 79.2 Å². The molecule has 3 unspecified atom stereocenters. The van der Waals surface area contributed by atoms with E-state index in [1.165, 1.54) is 86.5 Å². The smallest absolute Gasteiger partial charge is 0.341 e. The van der Waals surface area contributed by atoms with Crippen LogP contribution in [0.1, 0.15) is 300 Å². The minimum absolute atomic E-state index is 0.0544. The summed E-state index contributed by atoms with van der Waals surface area (Å²) in [5.74, 6) is 10.9. The van der Waals surface area contributed by atoms with E-state index in [0.29, 0.717) is 36.2 Å². The fourth-order valence-corrected chi connectivity index (χ4v) is 20.0. The van der Waals surface area contributed by atoms with Gasteiger partial charge in [0.1, 0.15) is 29.1 Å². The number of carboxylic acids is 1. The number of hydrogen-bond acceptors (Lipinski definition) is 16. The number of aliphatic carboxylic acids is 1. The Hall–Kier alpha value is -5.71. The number of carbonyl (C=O) groups is 2. The van der Waals surface area contributed by atoms with E-state index in [0.717, 1.165) is 200 Å². The SMILES string of the molecule is C=CCc1c(OC)cccc1[C@H](C#CCC[C@H](CCCCC)OC1CCCCO1)O[Si](C)(C)C(C)(C)C.CCCCC[C@@H](CCC1=C2[C@H](CC1=O)Cc1c(OC)cccc1[C@H]2O[Si](C)(C)C(C)(C)C)OC1CCCCO1.CCCCC[C@@H](CC[C@@H]1[C@H]2Cc3cccc(OCC(=O)O)c3C[C@H]2C[C@H]1O)OC1CCCCO1.COc1cccc(CO)c1. The molecule has 0 aromatic heterocycles. The van der Waals surface area contributed by atoms with Crippen LogP contribution >= 0.6 is 0 Å². The molecule has 0 radical (unpaired) electrons. The first-order valence-electron chi connectivity index (χ1n) is 46.3. The van der Waals surface area contributed by atoms with E-state index in [1.54, 1.807) is 27.4 Å². The van der Waals surface area contributed by atoms with Gasteiger partial charge < -0.3 is 71.5 Å². The van der Waals surface area contributed by atoms with Gasteiger partial charge in [0.25, 0.3) is 0 Å². The van der Waals surface area contributed by atoms with Crippen LogP contribution in [0.4, 0.5) is 0 Å². The zero-order valence-corrected chi connectivity index (χ0v) is 78.7. The fraction of sp³-hybridized carbons (Fsp3) is 0.683. The maximum Gasteiger partial charge on any atom is 0.341 e. The Labute approximate surface area is 725 Å². The second-order valence-corrected chi connectivity index (χ2v) is 47.1. The van der Waals surface area contributed by atoms with Crippen molar-refractivity contribution in [2.24, 2.45) is 23.7 Å². The van der Waals surface area contributed by atoms with Gasteiger partial charge in [-0.2, -0.15) is 0 Å². The molecule has 4 aliphatic carbocycles. The highest BCUT2D eigenvalue weighted by atomic mass is 28.4. The molecule has 0 bridgehead atoms. The van der Waals surface area contributed by atoms with Gasteiger partial charge in [-0.15, -0.1) is 12.5 Å². The lowest BCUT2D eigenvalue weighted by molar-refractivity contribution is -0.191. The number of fused-ring (bicyclic) bond motifs is 4. The molecule has 4 aromatic carbocycles. The molecule has 0 amide bonds. The van der Waals surface area contributed by atoms with Gasteiger partial charge in [0, 0.05) is 43.8 Å². The Morgan fingerprint density at radius 3 is 1.73 bits per heavy atom. The molecule has 3 N–H and O–H groups in total. The molecule has 4 fully saturated rings. The standard InChI is InChI=1S/C33H52O5Si.C32H52O4Si.C28H42O6.C8H10O2/c1-8-9-10-14-24(37-30-17-11-12-20-36-30)18-19-26-28(34)22-23-21-27-25(15-13-16-29(27)35-5)32(31(23)26)38-39(6,7)33(2,3)4;1-9-11-12-19-26(35-31-24-15-16-25-34-31)20-13-14-22-30(36-37(7,8)32(3,4)5)28-21-17-23-29(33-6)27(28)18-10-2;1-2-3-4-9-21(34-28-11-5-6-14-32-28)12-13-22-23-15-19-8-7-10-26(33-18-27(30)31)24(19)16-20(23)17-25(22)29;1-10-8-4-2-3-7(5-8)6-9/h13,15-16,23-24,30,32H,8-12,14,17-22H2,1-7H3;10,17,21,23,26,30-31H,2,9,11-13,15-16,18-20,24-25H2,1,3-8H3;7-8,10,20-23,25,28-29H,2-6,9,11-18H2,1H3,(H,30,31);2-5,9H,6H2,1H3/t23-,24-,30?,32+;26-,30-,31?;20-,21-,22+,23-,25+,28?;/m000./s1. The molecule has 1 saturated carbocycles. The van der Waals surface area contributed by atoms with Gasteiger partial charge in [0.05, 0.1) is 58.5 Å². The van der Waals surface area contributed by atoms with Gasteiger partial charge >= 0.3 is 5.97 Å². The zero-order chi connectivity index (χ0) is 86.8.